The number of benzene rings is 1. The Morgan fingerprint density at radius 1 is 1.23 bits per heavy atom. The highest BCUT2D eigenvalue weighted by molar-refractivity contribution is 5.38. The Hall–Kier alpha value is -1.88. The number of aliphatic hydroxyl groups is 3. The van der Waals surface area contributed by atoms with Crippen molar-refractivity contribution in [3.8, 4) is 5.75 Å². The van der Waals surface area contributed by atoms with Crippen molar-refractivity contribution in [2.75, 3.05) is 6.61 Å². The molecule has 3 fully saturated rings. The fraction of sp³-hybridized carbons (Fsp3) is 0.613. The third-order valence-electron chi connectivity index (χ3n) is 9.04. The van der Waals surface area contributed by atoms with Gasteiger partial charge in [-0.3, -0.25) is 0 Å². The largest absolute Gasteiger partial charge is 0.493 e. The first-order valence-corrected chi connectivity index (χ1v) is 13.4. The van der Waals surface area contributed by atoms with Crippen LogP contribution < -0.4 is 4.74 Å². The van der Waals surface area contributed by atoms with Crippen LogP contribution in [0.2, 0.25) is 0 Å². The van der Waals surface area contributed by atoms with E-state index >= 15 is 0 Å². The van der Waals surface area contributed by atoms with E-state index < -0.39 is 17.8 Å². The van der Waals surface area contributed by atoms with E-state index in [-0.39, 0.29) is 5.41 Å². The average molecular weight is 481 g/mol. The number of ether oxygens (including phenoxy) is 1. The van der Waals surface area contributed by atoms with E-state index in [9.17, 15) is 15.3 Å². The molecule has 3 saturated carbocycles. The summed E-state index contributed by atoms with van der Waals surface area (Å²) in [5, 5.41) is 30.6. The molecule has 3 aliphatic rings. The number of aliphatic hydroxyl groups excluding tert-OH is 2. The van der Waals surface area contributed by atoms with E-state index in [0.29, 0.717) is 37.2 Å². The van der Waals surface area contributed by atoms with Crippen LogP contribution in [0.25, 0.3) is 0 Å². The molecule has 4 nitrogen and oxygen atoms in total. The maximum absolute atomic E-state index is 10.3. The summed E-state index contributed by atoms with van der Waals surface area (Å²) in [6.45, 7) is 13.2. The summed E-state index contributed by atoms with van der Waals surface area (Å²) in [5.41, 5.74) is 3.52. The zero-order valence-electron chi connectivity index (χ0n) is 22.0. The molecule has 0 saturated heterocycles. The van der Waals surface area contributed by atoms with Gasteiger partial charge in [-0.1, -0.05) is 50.3 Å². The van der Waals surface area contributed by atoms with Crippen LogP contribution in [0.15, 0.2) is 59.7 Å². The molecule has 0 amide bonds. The third-order valence-corrected chi connectivity index (χ3v) is 9.04. The van der Waals surface area contributed by atoms with Gasteiger partial charge in [0.15, 0.2) is 0 Å². The van der Waals surface area contributed by atoms with Crippen LogP contribution in [0.5, 0.6) is 5.75 Å². The van der Waals surface area contributed by atoms with Gasteiger partial charge in [0.2, 0.25) is 0 Å². The first kappa shape index (κ1) is 26.2. The van der Waals surface area contributed by atoms with E-state index in [4.69, 9.17) is 4.74 Å². The lowest BCUT2D eigenvalue weighted by atomic mass is 9.61. The maximum atomic E-state index is 10.3. The highest BCUT2D eigenvalue weighted by Gasteiger charge is 2.50. The lowest BCUT2D eigenvalue weighted by Gasteiger charge is -2.44. The molecule has 0 spiro atoms. The summed E-state index contributed by atoms with van der Waals surface area (Å²) in [4.78, 5) is 0. The van der Waals surface area contributed by atoms with Gasteiger partial charge in [0.1, 0.15) is 5.75 Å². The van der Waals surface area contributed by atoms with Crippen molar-refractivity contribution in [1.29, 1.82) is 0 Å². The minimum Gasteiger partial charge on any atom is -0.493 e. The number of fused-ring (bicyclic) bond motifs is 1. The second-order valence-corrected chi connectivity index (χ2v) is 12.0. The Bertz CT molecular complexity index is 984. The Morgan fingerprint density at radius 3 is 2.74 bits per heavy atom. The predicted octanol–water partition coefficient (Wildman–Crippen LogP) is 6.07. The Labute approximate surface area is 211 Å². The van der Waals surface area contributed by atoms with E-state index in [1.807, 2.05) is 24.3 Å². The van der Waals surface area contributed by atoms with E-state index in [1.54, 1.807) is 13.8 Å². The van der Waals surface area contributed by atoms with Crippen molar-refractivity contribution >= 4 is 0 Å². The molecule has 6 atom stereocenters. The Morgan fingerprint density at radius 2 is 2.00 bits per heavy atom. The van der Waals surface area contributed by atoms with E-state index in [1.165, 1.54) is 31.3 Å². The lowest BCUT2D eigenvalue weighted by Crippen LogP contribution is -2.37. The van der Waals surface area contributed by atoms with Crippen molar-refractivity contribution in [3.63, 3.8) is 0 Å². The molecular formula is C31H44O4. The first-order valence-electron chi connectivity index (χ1n) is 13.4. The molecule has 0 aromatic heterocycles. The zero-order valence-corrected chi connectivity index (χ0v) is 22.0. The normalized spacial score (nSPS) is 34.8. The third kappa shape index (κ3) is 5.60. The van der Waals surface area contributed by atoms with Crippen LogP contribution in [0.4, 0.5) is 0 Å². The minimum atomic E-state index is -0.878. The fourth-order valence-corrected chi connectivity index (χ4v) is 6.99. The van der Waals surface area contributed by atoms with Gasteiger partial charge in [0.25, 0.3) is 0 Å². The second-order valence-electron chi connectivity index (χ2n) is 12.0. The van der Waals surface area contributed by atoms with Gasteiger partial charge in [0.05, 0.1) is 24.4 Å². The van der Waals surface area contributed by atoms with Crippen molar-refractivity contribution in [2.24, 2.45) is 23.2 Å². The molecule has 0 bridgehead atoms. The lowest BCUT2D eigenvalue weighted by molar-refractivity contribution is 0.0727. The van der Waals surface area contributed by atoms with E-state index in [2.05, 4.69) is 32.6 Å². The number of hydrogen-bond acceptors (Lipinski definition) is 4. The van der Waals surface area contributed by atoms with Crippen LogP contribution in [0.3, 0.4) is 0 Å². The molecule has 3 aliphatic carbocycles. The van der Waals surface area contributed by atoms with Crippen LogP contribution in [0, 0.1) is 23.2 Å². The van der Waals surface area contributed by atoms with Crippen LogP contribution in [-0.2, 0) is 5.60 Å². The van der Waals surface area contributed by atoms with Gasteiger partial charge in [-0.05, 0) is 104 Å². The molecule has 192 valence electrons. The number of rotatable bonds is 6. The highest BCUT2D eigenvalue weighted by atomic mass is 16.5. The molecule has 3 N–H and O–H groups in total. The smallest absolute Gasteiger partial charge is 0.119 e. The van der Waals surface area contributed by atoms with Gasteiger partial charge in [-0.15, -0.1) is 0 Å². The van der Waals surface area contributed by atoms with Crippen molar-refractivity contribution in [3.05, 3.63) is 65.3 Å². The van der Waals surface area contributed by atoms with Crippen LogP contribution in [-0.4, -0.2) is 34.1 Å². The zero-order chi connectivity index (χ0) is 25.4. The molecular weight excluding hydrogens is 436 g/mol. The van der Waals surface area contributed by atoms with Gasteiger partial charge in [0, 0.05) is 6.42 Å². The standard InChI is InChI=1S/C31H44O4/c1-20(19-35-26-10-6-9-24(17-26)30(3,4)34)27-13-14-28-22(8-7-15-31(27,28)5)11-12-23-16-25(32)18-29(33)21(23)2/h6,9-12,17,20,25,27-29,32-34H,2,7-8,13-16,18-19H2,1,3-5H3/b22-11+,23-12+/t20-,25-,27-,28+,29+,31-/m1/s1. The van der Waals surface area contributed by atoms with Crippen LogP contribution >= 0.6 is 0 Å². The minimum absolute atomic E-state index is 0.267. The summed E-state index contributed by atoms with van der Waals surface area (Å²) < 4.78 is 6.23. The van der Waals surface area contributed by atoms with Gasteiger partial charge in [-0.2, -0.15) is 0 Å². The average Bonchev–Trinajstić information content (AvgIpc) is 3.16. The Balaban J connectivity index is 1.45. The van der Waals surface area contributed by atoms with Crippen molar-refractivity contribution < 1.29 is 20.1 Å². The molecule has 0 aliphatic heterocycles. The maximum Gasteiger partial charge on any atom is 0.119 e. The van der Waals surface area contributed by atoms with Gasteiger partial charge in [-0.25, -0.2) is 0 Å². The predicted molar refractivity (Wildman–Crippen MR) is 141 cm³/mol. The summed E-state index contributed by atoms with van der Waals surface area (Å²) >= 11 is 0. The Kier molecular flexibility index (Phi) is 7.66. The molecule has 0 heterocycles. The molecule has 0 unspecified atom stereocenters. The summed E-state index contributed by atoms with van der Waals surface area (Å²) in [6, 6.07) is 7.82. The molecule has 1 aromatic rings. The van der Waals surface area contributed by atoms with Crippen molar-refractivity contribution in [1.82, 2.24) is 0 Å². The SMILES string of the molecule is C=C1/C(=C/C=C2\CCC[C@]3(C)[C@@H]([C@H](C)COc4cccc(C(C)(C)O)c4)CC[C@@H]23)C[C@@H](O)C[C@@H]1O. The summed E-state index contributed by atoms with van der Waals surface area (Å²) in [7, 11) is 0. The molecule has 0 radical (unpaired) electrons. The van der Waals surface area contributed by atoms with Gasteiger partial charge >= 0.3 is 0 Å². The fourth-order valence-electron chi connectivity index (χ4n) is 6.99. The topological polar surface area (TPSA) is 69.9 Å². The molecule has 4 heteroatoms. The summed E-state index contributed by atoms with van der Waals surface area (Å²) in [5.74, 6) is 2.45. The summed E-state index contributed by atoms with van der Waals surface area (Å²) in [6.07, 6.45) is 10.2. The highest BCUT2D eigenvalue weighted by Crippen LogP contribution is 2.59. The molecule has 1 aromatic carbocycles. The van der Waals surface area contributed by atoms with Crippen LogP contribution in [0.1, 0.15) is 78.2 Å². The second kappa shape index (κ2) is 10.2. The molecule has 35 heavy (non-hydrogen) atoms. The number of allylic oxidation sites excluding steroid dienone is 3. The quantitative estimate of drug-likeness (QED) is 0.462. The number of hydrogen-bond donors (Lipinski definition) is 3. The molecule has 4 rings (SSSR count). The monoisotopic (exact) mass is 480 g/mol. The van der Waals surface area contributed by atoms with Gasteiger partial charge < -0.3 is 20.1 Å². The van der Waals surface area contributed by atoms with E-state index in [0.717, 1.165) is 28.9 Å². The van der Waals surface area contributed by atoms with Crippen molar-refractivity contribution in [2.45, 2.75) is 90.4 Å². The first-order chi connectivity index (χ1) is 16.5.